The molecule has 0 atom stereocenters. The lowest BCUT2D eigenvalue weighted by Gasteiger charge is -2.28. The number of aromatic nitrogens is 4. The number of hydrogen-bond donors (Lipinski definition) is 1. The molecule has 144 valence electrons. The van der Waals surface area contributed by atoms with Gasteiger partial charge in [0.15, 0.2) is 5.03 Å². The van der Waals surface area contributed by atoms with E-state index in [2.05, 4.69) is 19.7 Å². The minimum atomic E-state index is -3.65. The molecule has 2 heterocycles. The van der Waals surface area contributed by atoms with Crippen molar-refractivity contribution >= 4 is 10.0 Å². The van der Waals surface area contributed by atoms with Gasteiger partial charge in [-0.1, -0.05) is 0 Å². The number of imidazole rings is 1. The van der Waals surface area contributed by atoms with Gasteiger partial charge in [-0.25, -0.2) is 28.1 Å². The van der Waals surface area contributed by atoms with E-state index in [4.69, 9.17) is 10.00 Å². The molecule has 2 aromatic heterocycles. The molecule has 1 N–H and O–H groups in total. The number of nitrogens with zero attached hydrogens (tertiary/aromatic N) is 5. The molecule has 0 bridgehead atoms. The van der Waals surface area contributed by atoms with E-state index in [1.54, 1.807) is 10.8 Å². The molecule has 0 unspecified atom stereocenters. The first-order chi connectivity index (χ1) is 12.9. The Morgan fingerprint density at radius 2 is 1.93 bits per heavy atom. The van der Waals surface area contributed by atoms with Crippen molar-refractivity contribution in [2.75, 3.05) is 0 Å². The van der Waals surface area contributed by atoms with E-state index in [1.807, 2.05) is 19.9 Å². The molecule has 1 fully saturated rings. The van der Waals surface area contributed by atoms with E-state index in [0.717, 1.165) is 0 Å². The molecule has 0 spiro atoms. The second kappa shape index (κ2) is 8.02. The molecule has 10 heteroatoms. The summed E-state index contributed by atoms with van der Waals surface area (Å²) in [7, 11) is -3.65. The first-order valence-corrected chi connectivity index (χ1v) is 10.3. The van der Waals surface area contributed by atoms with Gasteiger partial charge in [-0.3, -0.25) is 0 Å². The fourth-order valence-electron chi connectivity index (χ4n) is 2.96. The van der Waals surface area contributed by atoms with E-state index in [-0.39, 0.29) is 34.8 Å². The lowest BCUT2D eigenvalue weighted by atomic mass is 9.94. The summed E-state index contributed by atoms with van der Waals surface area (Å²) in [6, 6.07) is 1.93. The lowest BCUT2D eigenvalue weighted by molar-refractivity contribution is 0.137. The molecule has 0 amide bonds. The van der Waals surface area contributed by atoms with Crippen molar-refractivity contribution in [3.63, 3.8) is 0 Å². The largest absolute Gasteiger partial charge is 0.472 e. The van der Waals surface area contributed by atoms with Crippen molar-refractivity contribution in [1.82, 2.24) is 24.2 Å². The highest BCUT2D eigenvalue weighted by Crippen LogP contribution is 2.25. The van der Waals surface area contributed by atoms with Gasteiger partial charge in [0.25, 0.3) is 15.9 Å². The lowest BCUT2D eigenvalue weighted by Crippen LogP contribution is -2.39. The number of nitrogens with one attached hydrogen (secondary N) is 1. The third-order valence-corrected chi connectivity index (χ3v) is 5.90. The van der Waals surface area contributed by atoms with Crippen molar-refractivity contribution in [2.24, 2.45) is 0 Å². The minimum absolute atomic E-state index is 0.0350. The Balaban J connectivity index is 1.56. The molecule has 2 aromatic rings. The first-order valence-electron chi connectivity index (χ1n) is 8.82. The monoisotopic (exact) mass is 390 g/mol. The van der Waals surface area contributed by atoms with Crippen LogP contribution in [0.3, 0.4) is 0 Å². The fourth-order valence-corrected chi connectivity index (χ4v) is 4.21. The second-order valence-electron chi connectivity index (χ2n) is 6.79. The van der Waals surface area contributed by atoms with Crippen LogP contribution in [0.1, 0.15) is 51.3 Å². The van der Waals surface area contributed by atoms with E-state index in [9.17, 15) is 8.42 Å². The number of ether oxygens (including phenoxy) is 1. The SMILES string of the molecule is CC(C)n1cnc(S(=O)(=O)NC2CCC(Oc3nccnc3C#N)CC2)c1. The van der Waals surface area contributed by atoms with Crippen LogP contribution in [0.25, 0.3) is 0 Å². The Bertz CT molecular complexity index is 926. The third-order valence-electron chi connectivity index (χ3n) is 4.49. The number of hydrogen-bond acceptors (Lipinski definition) is 7. The molecule has 3 rings (SSSR count). The van der Waals surface area contributed by atoms with Gasteiger partial charge in [-0.05, 0) is 39.5 Å². The molecule has 0 radical (unpaired) electrons. The maximum Gasteiger partial charge on any atom is 0.259 e. The topological polar surface area (TPSA) is 123 Å². The smallest absolute Gasteiger partial charge is 0.259 e. The van der Waals surface area contributed by atoms with Gasteiger partial charge >= 0.3 is 0 Å². The molecule has 9 nitrogen and oxygen atoms in total. The summed E-state index contributed by atoms with van der Waals surface area (Å²) in [6.07, 6.45) is 8.47. The van der Waals surface area contributed by atoms with E-state index in [0.29, 0.717) is 25.7 Å². The van der Waals surface area contributed by atoms with Crippen molar-refractivity contribution < 1.29 is 13.2 Å². The summed E-state index contributed by atoms with van der Waals surface area (Å²) in [5.41, 5.74) is 0.154. The minimum Gasteiger partial charge on any atom is -0.472 e. The van der Waals surface area contributed by atoms with Gasteiger partial charge in [0.2, 0.25) is 5.69 Å². The summed E-state index contributed by atoms with van der Waals surface area (Å²) in [6.45, 7) is 3.92. The van der Waals surface area contributed by atoms with Gasteiger partial charge < -0.3 is 9.30 Å². The van der Waals surface area contributed by atoms with E-state index < -0.39 is 10.0 Å². The molecular weight excluding hydrogens is 368 g/mol. The Labute approximate surface area is 158 Å². The molecule has 0 aliphatic heterocycles. The van der Waals surface area contributed by atoms with E-state index >= 15 is 0 Å². The normalized spacial score (nSPS) is 20.4. The summed E-state index contributed by atoms with van der Waals surface area (Å²) in [5.74, 6) is 0.225. The van der Waals surface area contributed by atoms with Crippen molar-refractivity contribution in [1.29, 1.82) is 5.26 Å². The zero-order valence-electron chi connectivity index (χ0n) is 15.2. The average molecular weight is 390 g/mol. The van der Waals surface area contributed by atoms with Crippen molar-refractivity contribution in [2.45, 2.75) is 62.7 Å². The molecule has 27 heavy (non-hydrogen) atoms. The van der Waals surface area contributed by atoms with Crippen LogP contribution >= 0.6 is 0 Å². The number of rotatable bonds is 6. The van der Waals surface area contributed by atoms with Crippen LogP contribution in [-0.2, 0) is 10.0 Å². The van der Waals surface area contributed by atoms with Crippen LogP contribution < -0.4 is 9.46 Å². The fraction of sp³-hybridized carbons (Fsp3) is 0.529. The van der Waals surface area contributed by atoms with E-state index in [1.165, 1.54) is 18.7 Å². The third kappa shape index (κ3) is 4.61. The maximum absolute atomic E-state index is 12.5. The Hall–Kier alpha value is -2.51. The van der Waals surface area contributed by atoms with Crippen LogP contribution in [0.4, 0.5) is 0 Å². The van der Waals surface area contributed by atoms with Gasteiger partial charge in [-0.2, -0.15) is 5.26 Å². The summed E-state index contributed by atoms with van der Waals surface area (Å²) in [5, 5.41) is 9.08. The summed E-state index contributed by atoms with van der Waals surface area (Å²) in [4.78, 5) is 12.0. The van der Waals surface area contributed by atoms with Crippen LogP contribution in [0.5, 0.6) is 5.88 Å². The van der Waals surface area contributed by atoms with Crippen LogP contribution in [0.2, 0.25) is 0 Å². The predicted octanol–water partition coefficient (Wildman–Crippen LogP) is 1.79. The highest BCUT2D eigenvalue weighted by molar-refractivity contribution is 7.89. The quantitative estimate of drug-likeness (QED) is 0.797. The molecule has 0 aromatic carbocycles. The van der Waals surface area contributed by atoms with Crippen molar-refractivity contribution in [3.8, 4) is 11.9 Å². The molecule has 1 aliphatic carbocycles. The number of nitriles is 1. The summed E-state index contributed by atoms with van der Waals surface area (Å²) >= 11 is 0. The predicted molar refractivity (Wildman–Crippen MR) is 96.4 cm³/mol. The maximum atomic E-state index is 12.5. The highest BCUT2D eigenvalue weighted by atomic mass is 32.2. The Morgan fingerprint density at radius 3 is 2.56 bits per heavy atom. The van der Waals surface area contributed by atoms with Gasteiger partial charge in [-0.15, -0.1) is 0 Å². The molecular formula is C17H22N6O3S. The van der Waals surface area contributed by atoms with Crippen molar-refractivity contribution in [3.05, 3.63) is 30.6 Å². The first kappa shape index (κ1) is 19.3. The molecule has 1 saturated carbocycles. The summed E-state index contributed by atoms with van der Waals surface area (Å²) < 4.78 is 35.3. The van der Waals surface area contributed by atoms with Gasteiger partial charge in [0.1, 0.15) is 12.2 Å². The highest BCUT2D eigenvalue weighted by Gasteiger charge is 2.28. The Morgan fingerprint density at radius 1 is 1.22 bits per heavy atom. The van der Waals surface area contributed by atoms with Gasteiger partial charge in [0.05, 0.1) is 6.33 Å². The molecule has 0 saturated heterocycles. The zero-order valence-corrected chi connectivity index (χ0v) is 16.1. The Kier molecular flexibility index (Phi) is 5.72. The number of sulfonamides is 1. The second-order valence-corrected chi connectivity index (χ2v) is 8.45. The van der Waals surface area contributed by atoms with Gasteiger partial charge in [0, 0.05) is 30.7 Å². The van der Waals surface area contributed by atoms with Crippen LogP contribution in [-0.4, -0.2) is 40.1 Å². The average Bonchev–Trinajstić information content (AvgIpc) is 3.15. The standard InChI is InChI=1S/C17H22N6O3S/c1-12(2)23-10-16(21-11-23)27(24,25)22-13-3-5-14(6-4-13)26-17-15(9-18)19-7-8-20-17/h7-8,10-14,22H,3-6H2,1-2H3. The van der Waals surface area contributed by atoms with Crippen LogP contribution in [0.15, 0.2) is 29.9 Å². The molecule has 1 aliphatic rings. The van der Waals surface area contributed by atoms with Crippen LogP contribution in [0, 0.1) is 11.3 Å². The zero-order chi connectivity index (χ0) is 19.4.